The fourth-order valence-electron chi connectivity index (χ4n) is 4.16. The molecule has 0 heterocycles. The molecule has 210 valence electrons. The van der Waals surface area contributed by atoms with Crippen LogP contribution < -0.4 is 5.32 Å². The van der Waals surface area contributed by atoms with Crippen LogP contribution in [0.4, 0.5) is 17.6 Å². The van der Waals surface area contributed by atoms with Gasteiger partial charge >= 0.3 is 6.18 Å². The minimum Gasteiger partial charge on any atom is -0.322 e. The number of carbonyl (C=O) groups is 2. The number of rotatable bonds is 8. The summed E-state index contributed by atoms with van der Waals surface area (Å²) in [6.45, 7) is 1.84. The van der Waals surface area contributed by atoms with Gasteiger partial charge in [0.15, 0.2) is 0 Å². The number of nitrogens with zero attached hydrogens (tertiary/aromatic N) is 1. The van der Waals surface area contributed by atoms with Crippen molar-refractivity contribution in [2.24, 2.45) is 0 Å². The summed E-state index contributed by atoms with van der Waals surface area (Å²) in [5.74, 6) is -1.76. The smallest absolute Gasteiger partial charge is 0.322 e. The van der Waals surface area contributed by atoms with E-state index in [9.17, 15) is 27.2 Å². The molecular formula is C32H26F4N2O2S. The molecule has 0 saturated heterocycles. The summed E-state index contributed by atoms with van der Waals surface area (Å²) in [6.07, 6.45) is -3.40. The molecule has 0 aliphatic heterocycles. The molecule has 4 nitrogen and oxygen atoms in total. The second-order valence-corrected chi connectivity index (χ2v) is 9.58. The van der Waals surface area contributed by atoms with Crippen molar-refractivity contribution in [1.82, 2.24) is 10.2 Å². The molecule has 0 aromatic heterocycles. The Morgan fingerprint density at radius 2 is 1.51 bits per heavy atom. The summed E-state index contributed by atoms with van der Waals surface area (Å²) < 4.78 is 53.5. The quantitative estimate of drug-likeness (QED) is 0.0972. The van der Waals surface area contributed by atoms with Crippen LogP contribution in [0, 0.1) is 5.82 Å². The minimum absolute atomic E-state index is 0.0662. The summed E-state index contributed by atoms with van der Waals surface area (Å²) >= 11 is 4.54. The Bertz CT molecular complexity index is 1540. The van der Waals surface area contributed by atoms with Crippen LogP contribution in [0.15, 0.2) is 109 Å². The number of alkyl halides is 3. The highest BCUT2D eigenvalue weighted by Gasteiger charge is 2.31. The van der Waals surface area contributed by atoms with E-state index in [1.807, 2.05) is 30.3 Å². The first-order valence-corrected chi connectivity index (χ1v) is 13.2. The van der Waals surface area contributed by atoms with Gasteiger partial charge in [-0.25, -0.2) is 4.39 Å². The molecule has 4 rings (SSSR count). The third-order valence-corrected chi connectivity index (χ3v) is 6.90. The van der Waals surface area contributed by atoms with Gasteiger partial charge in [-0.2, -0.15) is 13.2 Å². The largest absolute Gasteiger partial charge is 0.416 e. The van der Waals surface area contributed by atoms with Gasteiger partial charge < -0.3 is 10.2 Å². The van der Waals surface area contributed by atoms with Gasteiger partial charge in [-0.3, -0.25) is 9.59 Å². The van der Waals surface area contributed by atoms with E-state index in [-0.39, 0.29) is 23.4 Å². The van der Waals surface area contributed by atoms with Gasteiger partial charge in [0, 0.05) is 12.1 Å². The van der Waals surface area contributed by atoms with Crippen LogP contribution in [-0.4, -0.2) is 23.3 Å². The molecule has 41 heavy (non-hydrogen) atoms. The Morgan fingerprint density at radius 3 is 2.12 bits per heavy atom. The second kappa shape index (κ2) is 12.9. The predicted molar refractivity (Wildman–Crippen MR) is 154 cm³/mol. The highest BCUT2D eigenvalue weighted by molar-refractivity contribution is 7.80. The van der Waals surface area contributed by atoms with E-state index in [2.05, 4.69) is 17.9 Å². The summed E-state index contributed by atoms with van der Waals surface area (Å²) in [4.78, 5) is 28.3. The third kappa shape index (κ3) is 7.43. The number of likely N-dealkylation sites (N-methyl/N-ethyl adjacent to an activating group) is 1. The lowest BCUT2D eigenvalue weighted by molar-refractivity contribution is -0.137. The SMILES string of the molecule is CCN(C(=O)/C(=C\c1cccc(C(F)(F)F)c1)NC(=O)c1ccc(-c2ccccc2)cc1)C(S)c1ccc(F)cc1. The highest BCUT2D eigenvalue weighted by atomic mass is 32.1. The van der Waals surface area contributed by atoms with Crippen LogP contribution in [0.2, 0.25) is 0 Å². The van der Waals surface area contributed by atoms with Gasteiger partial charge in [0.1, 0.15) is 16.9 Å². The van der Waals surface area contributed by atoms with Gasteiger partial charge in [0.05, 0.1) is 5.56 Å². The molecule has 4 aromatic rings. The van der Waals surface area contributed by atoms with Crippen molar-refractivity contribution in [3.63, 3.8) is 0 Å². The standard InChI is InChI=1S/C32H26F4N2O2S/c1-2-38(31(41)25-15-17-27(33)18-16-25)30(40)28(20-21-7-6-10-26(19-21)32(34,35)36)37-29(39)24-13-11-23(12-14-24)22-8-4-3-5-9-22/h3-20,31,41H,2H2,1H3,(H,37,39)/b28-20+. The molecule has 2 amide bonds. The molecule has 0 spiro atoms. The van der Waals surface area contributed by atoms with Crippen LogP contribution >= 0.6 is 12.6 Å². The van der Waals surface area contributed by atoms with E-state index >= 15 is 0 Å². The first-order valence-electron chi connectivity index (χ1n) is 12.7. The fraction of sp³-hybridized carbons (Fsp3) is 0.125. The van der Waals surface area contributed by atoms with Crippen LogP contribution in [0.3, 0.4) is 0 Å². The average Bonchev–Trinajstić information content (AvgIpc) is 2.97. The van der Waals surface area contributed by atoms with Crippen molar-refractivity contribution in [3.05, 3.63) is 137 Å². The lowest BCUT2D eigenvalue weighted by atomic mass is 10.0. The summed E-state index contributed by atoms with van der Waals surface area (Å²) in [5.41, 5.74) is 1.53. The number of thiol groups is 1. The maximum atomic E-state index is 13.7. The van der Waals surface area contributed by atoms with Gasteiger partial charge in [-0.1, -0.05) is 66.7 Å². The molecule has 0 bridgehead atoms. The van der Waals surface area contributed by atoms with E-state index in [0.717, 1.165) is 23.3 Å². The summed E-state index contributed by atoms with van der Waals surface area (Å²) in [6, 6.07) is 26.1. The molecule has 4 aromatic carbocycles. The number of carbonyl (C=O) groups excluding carboxylic acids is 2. The monoisotopic (exact) mass is 578 g/mol. The van der Waals surface area contributed by atoms with Crippen LogP contribution in [0.1, 0.15) is 39.3 Å². The topological polar surface area (TPSA) is 49.4 Å². The number of hydrogen-bond acceptors (Lipinski definition) is 3. The van der Waals surface area contributed by atoms with Crippen molar-refractivity contribution >= 4 is 30.5 Å². The van der Waals surface area contributed by atoms with Crippen molar-refractivity contribution in [3.8, 4) is 11.1 Å². The maximum absolute atomic E-state index is 13.7. The van der Waals surface area contributed by atoms with Gasteiger partial charge in [0.2, 0.25) is 0 Å². The zero-order valence-corrected chi connectivity index (χ0v) is 22.8. The molecule has 0 aliphatic carbocycles. The zero-order chi connectivity index (χ0) is 29.6. The lowest BCUT2D eigenvalue weighted by Gasteiger charge is -2.29. The second-order valence-electron chi connectivity index (χ2n) is 9.10. The molecule has 0 aliphatic rings. The summed E-state index contributed by atoms with van der Waals surface area (Å²) in [7, 11) is 0. The fourth-order valence-corrected chi connectivity index (χ4v) is 4.60. The zero-order valence-electron chi connectivity index (χ0n) is 21.9. The normalized spacial score (nSPS) is 12.5. The number of halogens is 4. The van der Waals surface area contributed by atoms with Crippen LogP contribution in [0.5, 0.6) is 0 Å². The predicted octanol–water partition coefficient (Wildman–Crippen LogP) is 7.76. The Balaban J connectivity index is 1.67. The minimum atomic E-state index is -4.59. The van der Waals surface area contributed by atoms with Crippen molar-refractivity contribution in [1.29, 1.82) is 0 Å². The van der Waals surface area contributed by atoms with Crippen molar-refractivity contribution < 1.29 is 27.2 Å². The lowest BCUT2D eigenvalue weighted by Crippen LogP contribution is -2.39. The number of hydrogen-bond donors (Lipinski definition) is 2. The van der Waals surface area contributed by atoms with Crippen molar-refractivity contribution in [2.45, 2.75) is 18.5 Å². The van der Waals surface area contributed by atoms with Crippen LogP contribution in [-0.2, 0) is 11.0 Å². The Hall–Kier alpha value is -4.37. The molecular weight excluding hydrogens is 552 g/mol. The molecule has 9 heteroatoms. The van der Waals surface area contributed by atoms with Gasteiger partial charge in [-0.05, 0) is 71.7 Å². The Labute approximate surface area is 240 Å². The number of amides is 2. The molecule has 1 N–H and O–H groups in total. The number of nitrogens with one attached hydrogen (secondary N) is 1. The number of benzene rings is 4. The first-order chi connectivity index (χ1) is 19.6. The third-order valence-electron chi connectivity index (χ3n) is 6.32. The van der Waals surface area contributed by atoms with E-state index in [0.29, 0.717) is 5.56 Å². The van der Waals surface area contributed by atoms with Crippen LogP contribution in [0.25, 0.3) is 17.2 Å². The molecule has 1 atom stereocenters. The van der Waals surface area contributed by atoms with E-state index < -0.39 is 34.7 Å². The highest BCUT2D eigenvalue weighted by Crippen LogP contribution is 2.31. The van der Waals surface area contributed by atoms with E-state index in [4.69, 9.17) is 0 Å². The molecule has 0 fully saturated rings. The first kappa shape index (κ1) is 29.6. The molecule has 1 unspecified atom stereocenters. The molecule has 0 radical (unpaired) electrons. The van der Waals surface area contributed by atoms with E-state index in [1.54, 1.807) is 31.2 Å². The average molecular weight is 579 g/mol. The van der Waals surface area contributed by atoms with E-state index in [1.165, 1.54) is 47.4 Å². The molecule has 0 saturated carbocycles. The summed E-state index contributed by atoms with van der Waals surface area (Å²) in [5, 5.41) is 1.77. The van der Waals surface area contributed by atoms with Gasteiger partial charge in [-0.15, -0.1) is 12.6 Å². The van der Waals surface area contributed by atoms with Gasteiger partial charge in [0.25, 0.3) is 11.8 Å². The Morgan fingerprint density at radius 1 is 0.878 bits per heavy atom. The Kier molecular flexibility index (Phi) is 9.29. The van der Waals surface area contributed by atoms with Crippen molar-refractivity contribution in [2.75, 3.05) is 6.54 Å². The maximum Gasteiger partial charge on any atom is 0.416 e.